The number of aromatic nitrogens is 1. The summed E-state index contributed by atoms with van der Waals surface area (Å²) < 4.78 is 0. The van der Waals surface area contributed by atoms with Crippen molar-refractivity contribution >= 4 is 17.3 Å². The Morgan fingerprint density at radius 3 is 2.72 bits per heavy atom. The summed E-state index contributed by atoms with van der Waals surface area (Å²) in [7, 11) is 0. The molecule has 0 unspecified atom stereocenters. The van der Waals surface area contributed by atoms with E-state index in [0.29, 0.717) is 17.1 Å². The molecule has 0 saturated heterocycles. The molecule has 1 amide bonds. The molecule has 0 fully saturated rings. The van der Waals surface area contributed by atoms with Crippen LogP contribution in [0.5, 0.6) is 0 Å². The van der Waals surface area contributed by atoms with Gasteiger partial charge in [0.25, 0.3) is 5.91 Å². The zero-order valence-corrected chi connectivity index (χ0v) is 10.4. The number of pyridine rings is 1. The molecule has 0 saturated carbocycles. The number of hydrogen-bond donors (Lipinski definition) is 2. The van der Waals surface area contributed by atoms with E-state index in [1.54, 1.807) is 24.4 Å². The summed E-state index contributed by atoms with van der Waals surface area (Å²) >= 11 is 0. The molecule has 1 aromatic heterocycles. The number of benzene rings is 1. The second-order valence-electron chi connectivity index (χ2n) is 4.20. The number of nitrogens with two attached hydrogens (primary N) is 1. The summed E-state index contributed by atoms with van der Waals surface area (Å²) in [4.78, 5) is 16.2. The van der Waals surface area contributed by atoms with Crippen molar-refractivity contribution < 1.29 is 4.79 Å². The predicted molar refractivity (Wildman–Crippen MR) is 72.5 cm³/mol. The minimum absolute atomic E-state index is 0.221. The van der Waals surface area contributed by atoms with E-state index in [0.717, 1.165) is 11.1 Å². The van der Waals surface area contributed by atoms with Gasteiger partial charge in [0, 0.05) is 17.6 Å². The van der Waals surface area contributed by atoms with E-state index in [2.05, 4.69) is 10.3 Å². The van der Waals surface area contributed by atoms with Crippen molar-refractivity contribution in [2.24, 2.45) is 0 Å². The Morgan fingerprint density at radius 2 is 2.00 bits per heavy atom. The van der Waals surface area contributed by atoms with E-state index in [9.17, 15) is 4.79 Å². The van der Waals surface area contributed by atoms with Crippen LogP contribution in [0.2, 0.25) is 0 Å². The van der Waals surface area contributed by atoms with Crippen molar-refractivity contribution in [1.29, 1.82) is 0 Å². The van der Waals surface area contributed by atoms with E-state index >= 15 is 0 Å². The van der Waals surface area contributed by atoms with Crippen LogP contribution in [0.4, 0.5) is 11.4 Å². The minimum atomic E-state index is -0.221. The third-order valence-corrected chi connectivity index (χ3v) is 2.73. The number of rotatable bonds is 2. The highest BCUT2D eigenvalue weighted by atomic mass is 16.1. The molecule has 92 valence electrons. The number of nitrogens with one attached hydrogen (secondary N) is 1. The summed E-state index contributed by atoms with van der Waals surface area (Å²) in [6, 6.07) is 9.07. The maximum absolute atomic E-state index is 12.1. The fraction of sp³-hybridized carbons (Fsp3) is 0.143. The van der Waals surface area contributed by atoms with E-state index in [1.807, 2.05) is 26.0 Å². The zero-order chi connectivity index (χ0) is 13.1. The van der Waals surface area contributed by atoms with Gasteiger partial charge in [0.1, 0.15) is 5.69 Å². The van der Waals surface area contributed by atoms with Crippen molar-refractivity contribution in [3.63, 3.8) is 0 Å². The quantitative estimate of drug-likeness (QED) is 0.794. The van der Waals surface area contributed by atoms with E-state index in [-0.39, 0.29) is 5.91 Å². The van der Waals surface area contributed by atoms with Gasteiger partial charge in [-0.3, -0.25) is 9.78 Å². The number of amides is 1. The lowest BCUT2D eigenvalue weighted by atomic mass is 10.1. The minimum Gasteiger partial charge on any atom is -0.399 e. The lowest BCUT2D eigenvalue weighted by Gasteiger charge is -2.09. The third-order valence-electron chi connectivity index (χ3n) is 2.73. The molecular formula is C14H15N3O. The number of aryl methyl sites for hydroxylation is 2. The van der Waals surface area contributed by atoms with Crippen LogP contribution in [0.15, 0.2) is 36.5 Å². The van der Waals surface area contributed by atoms with Crippen LogP contribution in [0.3, 0.4) is 0 Å². The molecule has 18 heavy (non-hydrogen) atoms. The van der Waals surface area contributed by atoms with Crippen LogP contribution in [0, 0.1) is 13.8 Å². The van der Waals surface area contributed by atoms with Gasteiger partial charge < -0.3 is 11.1 Å². The molecular weight excluding hydrogens is 226 g/mol. The summed E-state index contributed by atoms with van der Waals surface area (Å²) in [5, 5.41) is 2.83. The highest BCUT2D eigenvalue weighted by Crippen LogP contribution is 2.19. The van der Waals surface area contributed by atoms with Crippen molar-refractivity contribution in [1.82, 2.24) is 4.98 Å². The molecule has 0 aliphatic rings. The highest BCUT2D eigenvalue weighted by Gasteiger charge is 2.11. The Morgan fingerprint density at radius 1 is 1.22 bits per heavy atom. The summed E-state index contributed by atoms with van der Waals surface area (Å²) in [5.41, 5.74) is 9.27. The third kappa shape index (κ3) is 2.48. The summed E-state index contributed by atoms with van der Waals surface area (Å²) in [6.07, 6.45) is 1.61. The summed E-state index contributed by atoms with van der Waals surface area (Å²) in [5.74, 6) is -0.221. The van der Waals surface area contributed by atoms with Gasteiger partial charge in [-0.2, -0.15) is 0 Å². The van der Waals surface area contributed by atoms with Crippen LogP contribution in [-0.4, -0.2) is 10.9 Å². The van der Waals surface area contributed by atoms with Crippen LogP contribution in [0.25, 0.3) is 0 Å². The second-order valence-corrected chi connectivity index (χ2v) is 4.20. The predicted octanol–water partition coefficient (Wildman–Crippen LogP) is 2.53. The number of nitrogen functional groups attached to an aromatic ring is 1. The molecule has 0 radical (unpaired) electrons. The van der Waals surface area contributed by atoms with Crippen molar-refractivity contribution in [3.8, 4) is 0 Å². The van der Waals surface area contributed by atoms with Gasteiger partial charge in [0.15, 0.2) is 0 Å². The number of hydrogen-bond acceptors (Lipinski definition) is 3. The molecule has 4 nitrogen and oxygen atoms in total. The average molecular weight is 241 g/mol. The lowest BCUT2D eigenvalue weighted by molar-refractivity contribution is 0.102. The van der Waals surface area contributed by atoms with E-state index < -0.39 is 0 Å². The SMILES string of the molecule is Cc1ccc(N)cc1NC(=O)c1ncccc1C. The zero-order valence-electron chi connectivity index (χ0n) is 10.4. The molecule has 0 spiro atoms. The molecule has 4 heteroatoms. The molecule has 0 atom stereocenters. The van der Waals surface area contributed by atoms with Crippen LogP contribution >= 0.6 is 0 Å². The molecule has 0 aliphatic heterocycles. The van der Waals surface area contributed by atoms with E-state index in [1.165, 1.54) is 0 Å². The Bertz CT molecular complexity index is 593. The lowest BCUT2D eigenvalue weighted by Crippen LogP contribution is -2.15. The van der Waals surface area contributed by atoms with Crippen LogP contribution < -0.4 is 11.1 Å². The van der Waals surface area contributed by atoms with Gasteiger partial charge in [-0.1, -0.05) is 12.1 Å². The molecule has 2 aromatic rings. The number of nitrogens with zero attached hydrogens (tertiary/aromatic N) is 1. The maximum Gasteiger partial charge on any atom is 0.274 e. The fourth-order valence-corrected chi connectivity index (χ4v) is 1.68. The first-order chi connectivity index (χ1) is 8.58. The van der Waals surface area contributed by atoms with Crippen molar-refractivity contribution in [2.45, 2.75) is 13.8 Å². The monoisotopic (exact) mass is 241 g/mol. The van der Waals surface area contributed by atoms with Gasteiger partial charge in [-0.05, 0) is 43.2 Å². The van der Waals surface area contributed by atoms with Crippen molar-refractivity contribution in [2.75, 3.05) is 11.1 Å². The highest BCUT2D eigenvalue weighted by molar-refractivity contribution is 6.04. The Hall–Kier alpha value is -2.36. The molecule has 1 aromatic carbocycles. The number of carbonyl (C=O) groups is 1. The standard InChI is InChI=1S/C14H15N3O/c1-9-5-6-11(15)8-12(9)17-14(18)13-10(2)4-3-7-16-13/h3-8H,15H2,1-2H3,(H,17,18). The van der Waals surface area contributed by atoms with Gasteiger partial charge in [0.2, 0.25) is 0 Å². The first kappa shape index (κ1) is 12.1. The fourth-order valence-electron chi connectivity index (χ4n) is 1.68. The molecule has 0 aliphatic carbocycles. The molecule has 0 bridgehead atoms. The second kappa shape index (κ2) is 4.87. The Labute approximate surface area is 106 Å². The van der Waals surface area contributed by atoms with Crippen molar-refractivity contribution in [3.05, 3.63) is 53.3 Å². The first-order valence-electron chi connectivity index (χ1n) is 5.67. The maximum atomic E-state index is 12.1. The van der Waals surface area contributed by atoms with Gasteiger partial charge in [0.05, 0.1) is 0 Å². The normalized spacial score (nSPS) is 10.1. The first-order valence-corrected chi connectivity index (χ1v) is 5.67. The van der Waals surface area contributed by atoms with Crippen LogP contribution in [-0.2, 0) is 0 Å². The molecule has 1 heterocycles. The largest absolute Gasteiger partial charge is 0.399 e. The number of anilines is 2. The van der Waals surface area contributed by atoms with Gasteiger partial charge in [-0.25, -0.2) is 0 Å². The number of carbonyl (C=O) groups excluding carboxylic acids is 1. The molecule has 3 N–H and O–H groups in total. The van der Waals surface area contributed by atoms with E-state index in [4.69, 9.17) is 5.73 Å². The van der Waals surface area contributed by atoms with Crippen LogP contribution in [0.1, 0.15) is 21.6 Å². The smallest absolute Gasteiger partial charge is 0.274 e. The molecule has 2 rings (SSSR count). The van der Waals surface area contributed by atoms with Gasteiger partial charge >= 0.3 is 0 Å². The summed E-state index contributed by atoms with van der Waals surface area (Å²) in [6.45, 7) is 3.77. The topological polar surface area (TPSA) is 68.0 Å². The Kier molecular flexibility index (Phi) is 3.28. The Balaban J connectivity index is 2.27. The van der Waals surface area contributed by atoms with Gasteiger partial charge in [-0.15, -0.1) is 0 Å². The average Bonchev–Trinajstić information content (AvgIpc) is 2.34.